The predicted molar refractivity (Wildman–Crippen MR) is 97.4 cm³/mol. The highest BCUT2D eigenvalue weighted by Gasteiger charge is 2.24. The molecule has 0 N–H and O–H groups in total. The molecule has 0 aromatic carbocycles. The Morgan fingerprint density at radius 3 is 2.75 bits per heavy atom. The number of fused-ring (bicyclic) bond motifs is 1. The first-order valence-electron chi connectivity index (χ1n) is 7.90. The maximum Gasteiger partial charge on any atom is 0.410 e. The highest BCUT2D eigenvalue weighted by Crippen LogP contribution is 2.28. The van der Waals surface area contributed by atoms with E-state index in [9.17, 15) is 4.79 Å². The molecule has 2 aromatic heterocycles. The zero-order valence-electron chi connectivity index (χ0n) is 14.0. The van der Waals surface area contributed by atoms with Crippen LogP contribution in [0.2, 0.25) is 5.15 Å². The Kier molecular flexibility index (Phi) is 4.78. The van der Waals surface area contributed by atoms with E-state index in [0.717, 1.165) is 28.1 Å². The Bertz CT molecular complexity index is 785. The fourth-order valence-electron chi connectivity index (χ4n) is 2.53. The number of aromatic nitrogens is 2. The number of halogens is 1. The number of hydrogen-bond acceptors (Lipinski definition) is 5. The van der Waals surface area contributed by atoms with E-state index < -0.39 is 5.60 Å². The number of carbonyl (C=O) groups is 1. The van der Waals surface area contributed by atoms with E-state index in [4.69, 9.17) is 16.3 Å². The molecule has 0 spiro atoms. The number of carbonyl (C=O) groups excluding carboxylic acids is 1. The molecule has 0 atom stereocenters. The number of rotatable bonds is 1. The third kappa shape index (κ3) is 4.24. The third-order valence-electron chi connectivity index (χ3n) is 3.63. The molecular weight excluding hydrogens is 346 g/mol. The number of piperidine rings is 1. The average Bonchev–Trinajstić information content (AvgIpc) is 2.87. The summed E-state index contributed by atoms with van der Waals surface area (Å²) >= 11 is 7.46. The zero-order chi connectivity index (χ0) is 17.3. The molecule has 1 fully saturated rings. The Morgan fingerprint density at radius 1 is 1.38 bits per heavy atom. The van der Waals surface area contributed by atoms with Gasteiger partial charge in [0.2, 0.25) is 0 Å². The third-order valence-corrected chi connectivity index (χ3v) is 4.78. The molecule has 128 valence electrons. The largest absolute Gasteiger partial charge is 0.444 e. The standard InChI is InChI=1S/C17H20ClN3O2S/c1-17(2,3)23-16(22)21-6-4-11(5-7-21)8-12-9-13-15(24-12)20-14(18)10-19-13/h8-10H,4-7H2,1-3H3. The number of likely N-dealkylation sites (tertiary alicyclic amines) is 1. The van der Waals surface area contributed by atoms with Crippen molar-refractivity contribution in [3.63, 3.8) is 0 Å². The van der Waals surface area contributed by atoms with Crippen LogP contribution in [0.1, 0.15) is 38.5 Å². The molecule has 1 saturated heterocycles. The molecule has 0 unspecified atom stereocenters. The van der Waals surface area contributed by atoms with E-state index in [-0.39, 0.29) is 6.09 Å². The van der Waals surface area contributed by atoms with Gasteiger partial charge in [-0.3, -0.25) is 4.98 Å². The van der Waals surface area contributed by atoms with E-state index in [2.05, 4.69) is 16.0 Å². The predicted octanol–water partition coefficient (Wildman–Crippen LogP) is 4.76. The minimum Gasteiger partial charge on any atom is -0.444 e. The van der Waals surface area contributed by atoms with Crippen LogP contribution in [0, 0.1) is 0 Å². The Morgan fingerprint density at radius 2 is 2.08 bits per heavy atom. The average molecular weight is 366 g/mol. The van der Waals surface area contributed by atoms with Gasteiger partial charge < -0.3 is 9.64 Å². The smallest absolute Gasteiger partial charge is 0.410 e. The summed E-state index contributed by atoms with van der Waals surface area (Å²) in [5.41, 5.74) is 1.74. The van der Waals surface area contributed by atoms with Crippen molar-refractivity contribution in [2.75, 3.05) is 13.1 Å². The highest BCUT2D eigenvalue weighted by molar-refractivity contribution is 7.19. The van der Waals surface area contributed by atoms with Gasteiger partial charge in [0.25, 0.3) is 0 Å². The lowest BCUT2D eigenvalue weighted by Crippen LogP contribution is -2.40. The van der Waals surface area contributed by atoms with Gasteiger partial charge >= 0.3 is 6.09 Å². The number of nitrogens with zero attached hydrogens (tertiary/aromatic N) is 3. The van der Waals surface area contributed by atoms with Crippen molar-refractivity contribution < 1.29 is 9.53 Å². The lowest BCUT2D eigenvalue weighted by atomic mass is 10.0. The van der Waals surface area contributed by atoms with Crippen LogP contribution >= 0.6 is 22.9 Å². The number of thiophene rings is 1. The lowest BCUT2D eigenvalue weighted by molar-refractivity contribution is 0.0237. The first-order valence-corrected chi connectivity index (χ1v) is 9.09. The van der Waals surface area contributed by atoms with Crippen molar-refractivity contribution in [2.45, 2.75) is 39.2 Å². The van der Waals surface area contributed by atoms with E-state index in [1.807, 2.05) is 26.8 Å². The summed E-state index contributed by atoms with van der Waals surface area (Å²) in [6.45, 7) is 7.03. The fraction of sp³-hybridized carbons (Fsp3) is 0.471. The zero-order valence-corrected chi connectivity index (χ0v) is 15.6. The van der Waals surface area contributed by atoms with Crippen molar-refractivity contribution in [1.29, 1.82) is 0 Å². The van der Waals surface area contributed by atoms with Crippen LogP contribution in [0.5, 0.6) is 0 Å². The number of ether oxygens (including phenoxy) is 1. The van der Waals surface area contributed by atoms with Crippen molar-refractivity contribution in [1.82, 2.24) is 14.9 Å². The lowest BCUT2D eigenvalue weighted by Gasteiger charge is -2.31. The molecule has 1 amide bonds. The summed E-state index contributed by atoms with van der Waals surface area (Å²) in [6.07, 6.45) is 5.22. The SMILES string of the molecule is CC(C)(C)OC(=O)N1CCC(=Cc2cc3ncc(Cl)nc3s2)CC1. The van der Waals surface area contributed by atoms with E-state index in [1.54, 1.807) is 22.4 Å². The molecule has 0 radical (unpaired) electrons. The van der Waals surface area contributed by atoms with E-state index >= 15 is 0 Å². The molecule has 7 heteroatoms. The van der Waals surface area contributed by atoms with Gasteiger partial charge in [0.05, 0.1) is 6.20 Å². The van der Waals surface area contributed by atoms with Crippen molar-refractivity contribution in [2.24, 2.45) is 0 Å². The Balaban J connectivity index is 1.65. The van der Waals surface area contributed by atoms with Crippen molar-refractivity contribution in [3.05, 3.63) is 27.9 Å². The molecule has 0 aliphatic carbocycles. The Labute approximate surface area is 150 Å². The van der Waals surface area contributed by atoms with Crippen LogP contribution in [0.3, 0.4) is 0 Å². The summed E-state index contributed by atoms with van der Waals surface area (Å²) in [5.74, 6) is 0. The second-order valence-electron chi connectivity index (χ2n) is 6.80. The van der Waals surface area contributed by atoms with E-state index in [1.165, 1.54) is 5.57 Å². The fourth-order valence-corrected chi connectivity index (χ4v) is 3.69. The summed E-state index contributed by atoms with van der Waals surface area (Å²) in [6, 6.07) is 2.02. The number of amides is 1. The normalized spacial score (nSPS) is 15.7. The number of hydrogen-bond donors (Lipinski definition) is 0. The van der Waals surface area contributed by atoms with Gasteiger partial charge in [0.15, 0.2) is 0 Å². The molecule has 0 bridgehead atoms. The van der Waals surface area contributed by atoms with Crippen molar-refractivity contribution >= 4 is 45.5 Å². The van der Waals surface area contributed by atoms with Gasteiger partial charge in [-0.05, 0) is 45.8 Å². The molecule has 2 aromatic rings. The van der Waals surface area contributed by atoms with Crippen molar-refractivity contribution in [3.8, 4) is 0 Å². The second-order valence-corrected chi connectivity index (χ2v) is 8.25. The topological polar surface area (TPSA) is 55.3 Å². The molecule has 24 heavy (non-hydrogen) atoms. The second kappa shape index (κ2) is 6.69. The summed E-state index contributed by atoms with van der Waals surface area (Å²) in [7, 11) is 0. The molecular formula is C17H20ClN3O2S. The quantitative estimate of drug-likeness (QED) is 0.731. The van der Waals surface area contributed by atoms with E-state index in [0.29, 0.717) is 18.2 Å². The van der Waals surface area contributed by atoms with Gasteiger partial charge in [-0.15, -0.1) is 11.3 Å². The molecule has 1 aliphatic rings. The van der Waals surface area contributed by atoms with Crippen LogP contribution in [0.25, 0.3) is 16.4 Å². The highest BCUT2D eigenvalue weighted by atomic mass is 35.5. The van der Waals surface area contributed by atoms with Crippen LogP contribution in [-0.2, 0) is 4.74 Å². The first-order chi connectivity index (χ1) is 11.3. The minimum atomic E-state index is -0.453. The van der Waals surface area contributed by atoms with Gasteiger partial charge in [-0.2, -0.15) is 0 Å². The van der Waals surface area contributed by atoms with Gasteiger partial charge in [0.1, 0.15) is 21.1 Å². The van der Waals surface area contributed by atoms with Gasteiger partial charge in [-0.1, -0.05) is 17.2 Å². The Hall–Kier alpha value is -1.66. The van der Waals surface area contributed by atoms with Gasteiger partial charge in [-0.25, -0.2) is 9.78 Å². The van der Waals surface area contributed by atoms with Gasteiger partial charge in [0, 0.05) is 18.0 Å². The van der Waals surface area contributed by atoms with Crippen LogP contribution in [0.15, 0.2) is 17.8 Å². The maximum atomic E-state index is 12.1. The summed E-state index contributed by atoms with van der Waals surface area (Å²) in [5, 5.41) is 0.411. The molecule has 1 aliphatic heterocycles. The molecule has 3 heterocycles. The van der Waals surface area contributed by atoms with Crippen LogP contribution < -0.4 is 0 Å². The van der Waals surface area contributed by atoms with Crippen LogP contribution in [-0.4, -0.2) is 39.7 Å². The summed E-state index contributed by atoms with van der Waals surface area (Å²) in [4.78, 5) is 24.4. The molecule has 5 nitrogen and oxygen atoms in total. The molecule has 0 saturated carbocycles. The molecule has 3 rings (SSSR count). The van der Waals surface area contributed by atoms with Crippen LogP contribution in [0.4, 0.5) is 4.79 Å². The monoisotopic (exact) mass is 365 g/mol. The first kappa shape index (κ1) is 17.2. The summed E-state index contributed by atoms with van der Waals surface area (Å²) < 4.78 is 5.42. The minimum absolute atomic E-state index is 0.230. The maximum absolute atomic E-state index is 12.1.